The molecule has 2 aromatic carbocycles. The van der Waals surface area contributed by atoms with Gasteiger partial charge in [0.2, 0.25) is 12.6 Å². The summed E-state index contributed by atoms with van der Waals surface area (Å²) in [4.78, 5) is 7.94. The summed E-state index contributed by atoms with van der Waals surface area (Å²) in [6.45, 7) is 3.52. The first kappa shape index (κ1) is 19.7. The Balaban J connectivity index is 1.21. The van der Waals surface area contributed by atoms with E-state index in [0.717, 1.165) is 47.9 Å². The summed E-state index contributed by atoms with van der Waals surface area (Å²) in [6, 6.07) is 9.90. The Morgan fingerprint density at radius 1 is 0.935 bits per heavy atom. The molecule has 1 aromatic heterocycles. The van der Waals surface area contributed by atoms with Gasteiger partial charge in [0, 0.05) is 38.3 Å². The first-order valence-corrected chi connectivity index (χ1v) is 9.83. The molecular weight excluding hydrogens is 413 g/mol. The van der Waals surface area contributed by atoms with Crippen LogP contribution in [0.25, 0.3) is 0 Å². The Bertz CT molecular complexity index is 1070. The van der Waals surface area contributed by atoms with Crippen LogP contribution >= 0.6 is 0 Å². The van der Waals surface area contributed by atoms with Gasteiger partial charge >= 0.3 is 11.9 Å². The molecule has 0 N–H and O–H groups in total. The number of fused-ring (bicyclic) bond motifs is 1. The fraction of sp³-hybridized carbons (Fsp3) is 0.333. The van der Waals surface area contributed by atoms with Crippen molar-refractivity contribution in [2.45, 2.75) is 12.5 Å². The number of hydrogen-bond donors (Lipinski definition) is 0. The SMILES string of the molecule is Fc1ccc(C(F)(F)c2noc(N3CCN(Cc4ccc5c(c4)OCO5)CC3)n2)cc1. The number of hydrogen-bond acceptors (Lipinski definition) is 7. The number of piperazine rings is 1. The molecule has 0 bridgehead atoms. The van der Waals surface area contributed by atoms with Gasteiger partial charge in [-0.3, -0.25) is 4.90 Å². The molecule has 31 heavy (non-hydrogen) atoms. The standard InChI is InChI=1S/C21H19F3N4O3/c22-16-4-2-15(3-5-16)21(23,24)19-25-20(31-26-19)28-9-7-27(8-10-28)12-14-1-6-17-18(11-14)30-13-29-17/h1-6,11H,7-10,12-13H2. The van der Waals surface area contributed by atoms with Crippen LogP contribution in [0.15, 0.2) is 47.0 Å². The summed E-state index contributed by atoms with van der Waals surface area (Å²) in [6.07, 6.45) is 0. The summed E-state index contributed by atoms with van der Waals surface area (Å²) in [5.74, 6) is -3.31. The third kappa shape index (κ3) is 3.90. The van der Waals surface area contributed by atoms with Crippen LogP contribution < -0.4 is 14.4 Å². The molecule has 0 saturated carbocycles. The van der Waals surface area contributed by atoms with Gasteiger partial charge in [-0.2, -0.15) is 13.8 Å². The second kappa shape index (κ2) is 7.77. The molecule has 5 rings (SSSR count). The Labute approximate surface area is 176 Å². The molecule has 2 aliphatic rings. The van der Waals surface area contributed by atoms with Crippen molar-refractivity contribution in [2.75, 3.05) is 37.9 Å². The van der Waals surface area contributed by atoms with Crippen molar-refractivity contribution in [3.8, 4) is 11.5 Å². The zero-order valence-corrected chi connectivity index (χ0v) is 16.4. The number of alkyl halides is 2. The van der Waals surface area contributed by atoms with Crippen molar-refractivity contribution < 1.29 is 27.2 Å². The van der Waals surface area contributed by atoms with Gasteiger partial charge in [-0.25, -0.2) is 4.39 Å². The van der Waals surface area contributed by atoms with E-state index in [1.165, 1.54) is 0 Å². The first-order valence-electron chi connectivity index (χ1n) is 9.83. The van der Waals surface area contributed by atoms with Crippen molar-refractivity contribution in [3.63, 3.8) is 0 Å². The van der Waals surface area contributed by atoms with Crippen LogP contribution in [0.2, 0.25) is 0 Å². The van der Waals surface area contributed by atoms with Gasteiger partial charge in [0.15, 0.2) is 11.5 Å². The largest absolute Gasteiger partial charge is 0.454 e. The molecule has 0 unspecified atom stereocenters. The third-order valence-corrected chi connectivity index (χ3v) is 5.39. The molecular formula is C21H19F3N4O3. The van der Waals surface area contributed by atoms with Gasteiger partial charge in [0.25, 0.3) is 0 Å². The average Bonchev–Trinajstić information content (AvgIpc) is 3.44. The Morgan fingerprint density at radius 2 is 1.68 bits per heavy atom. The van der Waals surface area contributed by atoms with Crippen LogP contribution in [0.5, 0.6) is 11.5 Å². The van der Waals surface area contributed by atoms with E-state index in [1.54, 1.807) is 4.90 Å². The lowest BCUT2D eigenvalue weighted by atomic mass is 10.1. The van der Waals surface area contributed by atoms with E-state index in [2.05, 4.69) is 15.0 Å². The Kier molecular flexibility index (Phi) is 4.93. The fourth-order valence-corrected chi connectivity index (χ4v) is 3.65. The molecule has 0 atom stereocenters. The molecule has 0 spiro atoms. The number of aromatic nitrogens is 2. The van der Waals surface area contributed by atoms with Crippen molar-refractivity contribution in [3.05, 3.63) is 65.2 Å². The summed E-state index contributed by atoms with van der Waals surface area (Å²) in [7, 11) is 0. The van der Waals surface area contributed by atoms with E-state index < -0.39 is 23.1 Å². The number of benzene rings is 2. The smallest absolute Gasteiger partial charge is 0.335 e. The number of halogens is 3. The van der Waals surface area contributed by atoms with Crippen LogP contribution in [0, 0.1) is 5.82 Å². The van der Waals surface area contributed by atoms with E-state index >= 15 is 0 Å². The minimum absolute atomic E-state index is 0.0551. The minimum Gasteiger partial charge on any atom is -0.454 e. The Hall–Kier alpha value is -3.27. The van der Waals surface area contributed by atoms with Crippen LogP contribution in [0.1, 0.15) is 17.0 Å². The van der Waals surface area contributed by atoms with Gasteiger partial charge in [0.05, 0.1) is 0 Å². The lowest BCUT2D eigenvalue weighted by Crippen LogP contribution is -2.46. The molecule has 1 saturated heterocycles. The number of ether oxygens (including phenoxy) is 2. The van der Waals surface area contributed by atoms with E-state index in [9.17, 15) is 13.2 Å². The monoisotopic (exact) mass is 432 g/mol. The summed E-state index contributed by atoms with van der Waals surface area (Å²) >= 11 is 0. The molecule has 3 heterocycles. The van der Waals surface area contributed by atoms with E-state index in [4.69, 9.17) is 14.0 Å². The zero-order chi connectivity index (χ0) is 21.4. The van der Waals surface area contributed by atoms with Crippen molar-refractivity contribution in [1.82, 2.24) is 15.0 Å². The maximum Gasteiger partial charge on any atom is 0.335 e. The molecule has 0 aliphatic carbocycles. The topological polar surface area (TPSA) is 63.9 Å². The predicted octanol–water partition coefficient (Wildman–Crippen LogP) is 3.40. The van der Waals surface area contributed by atoms with Gasteiger partial charge < -0.3 is 18.9 Å². The quantitative estimate of drug-likeness (QED) is 0.612. The lowest BCUT2D eigenvalue weighted by molar-refractivity contribution is 0.0304. The molecule has 1 fully saturated rings. The maximum absolute atomic E-state index is 14.6. The normalized spacial score (nSPS) is 16.7. The van der Waals surface area contributed by atoms with E-state index in [-0.39, 0.29) is 12.8 Å². The average molecular weight is 432 g/mol. The highest BCUT2D eigenvalue weighted by molar-refractivity contribution is 5.44. The highest BCUT2D eigenvalue weighted by atomic mass is 19.3. The Morgan fingerprint density at radius 3 is 2.45 bits per heavy atom. The van der Waals surface area contributed by atoms with E-state index in [0.29, 0.717) is 26.2 Å². The molecule has 2 aliphatic heterocycles. The van der Waals surface area contributed by atoms with Crippen molar-refractivity contribution in [1.29, 1.82) is 0 Å². The van der Waals surface area contributed by atoms with Crippen LogP contribution in [0.3, 0.4) is 0 Å². The number of anilines is 1. The van der Waals surface area contributed by atoms with E-state index in [1.807, 2.05) is 18.2 Å². The number of nitrogens with zero attached hydrogens (tertiary/aromatic N) is 4. The molecule has 10 heteroatoms. The molecule has 162 valence electrons. The van der Waals surface area contributed by atoms with Gasteiger partial charge in [-0.05, 0) is 42.0 Å². The van der Waals surface area contributed by atoms with Crippen LogP contribution in [0.4, 0.5) is 19.2 Å². The second-order valence-electron chi connectivity index (χ2n) is 7.43. The van der Waals surface area contributed by atoms with Gasteiger partial charge in [-0.1, -0.05) is 11.2 Å². The lowest BCUT2D eigenvalue weighted by Gasteiger charge is -2.33. The number of rotatable bonds is 5. The highest BCUT2D eigenvalue weighted by Gasteiger charge is 2.40. The first-order chi connectivity index (χ1) is 15.0. The minimum atomic E-state index is -3.48. The second-order valence-corrected chi connectivity index (χ2v) is 7.43. The molecule has 7 nitrogen and oxygen atoms in total. The molecule has 3 aromatic rings. The van der Waals surface area contributed by atoms with Crippen molar-refractivity contribution in [2.24, 2.45) is 0 Å². The third-order valence-electron chi connectivity index (χ3n) is 5.39. The van der Waals surface area contributed by atoms with Crippen LogP contribution in [-0.2, 0) is 12.5 Å². The molecule has 0 radical (unpaired) electrons. The van der Waals surface area contributed by atoms with Gasteiger partial charge in [0.1, 0.15) is 5.82 Å². The predicted molar refractivity (Wildman–Crippen MR) is 104 cm³/mol. The zero-order valence-electron chi connectivity index (χ0n) is 16.4. The van der Waals surface area contributed by atoms with Gasteiger partial charge in [-0.15, -0.1) is 0 Å². The summed E-state index contributed by atoms with van der Waals surface area (Å²) in [5, 5.41) is 3.47. The van der Waals surface area contributed by atoms with Crippen LogP contribution in [-0.4, -0.2) is 48.0 Å². The summed E-state index contributed by atoms with van der Waals surface area (Å²) in [5.41, 5.74) is 0.714. The highest BCUT2D eigenvalue weighted by Crippen LogP contribution is 2.35. The fourth-order valence-electron chi connectivity index (χ4n) is 3.65. The van der Waals surface area contributed by atoms with Crippen molar-refractivity contribution >= 4 is 6.01 Å². The summed E-state index contributed by atoms with van der Waals surface area (Å²) < 4.78 is 58.2. The molecule has 0 amide bonds. The maximum atomic E-state index is 14.6.